The Kier molecular flexibility index (Phi) is 4.81. The second-order valence-electron chi connectivity index (χ2n) is 3.72. The summed E-state index contributed by atoms with van der Waals surface area (Å²) >= 11 is 0. The summed E-state index contributed by atoms with van der Waals surface area (Å²) in [4.78, 5) is 32.6. The molecule has 1 rings (SSSR count). The molecule has 3 amide bonds. The molecule has 0 radical (unpaired) electrons. The van der Waals surface area contributed by atoms with Gasteiger partial charge < -0.3 is 10.4 Å². The van der Waals surface area contributed by atoms with Gasteiger partial charge in [-0.15, -0.1) is 0 Å². The molecule has 3 N–H and O–H groups in total. The van der Waals surface area contributed by atoms with Crippen molar-refractivity contribution in [3.05, 3.63) is 29.6 Å². The molecule has 0 unspecified atom stereocenters. The van der Waals surface area contributed by atoms with E-state index in [1.165, 1.54) is 0 Å². The van der Waals surface area contributed by atoms with E-state index in [0.29, 0.717) is 6.08 Å². The van der Waals surface area contributed by atoms with E-state index >= 15 is 0 Å². The average Bonchev–Trinajstić information content (AvgIpc) is 2.65. The van der Waals surface area contributed by atoms with E-state index in [0.717, 1.165) is 17.3 Å². The van der Waals surface area contributed by atoms with Crippen LogP contribution in [-0.4, -0.2) is 32.8 Å². The van der Waals surface area contributed by atoms with Crippen LogP contribution < -0.4 is 10.6 Å². The van der Waals surface area contributed by atoms with Gasteiger partial charge in [-0.3, -0.25) is 14.8 Å². The summed E-state index contributed by atoms with van der Waals surface area (Å²) in [5, 5.41) is 16.7. The lowest BCUT2D eigenvalue weighted by Crippen LogP contribution is -2.38. The molecule has 0 fully saturated rings. The summed E-state index contributed by atoms with van der Waals surface area (Å²) in [5.74, 6) is -2.07. The predicted octanol–water partition coefficient (Wildman–Crippen LogP) is -0.305. The number of nitrogens with zero attached hydrogens (tertiary/aromatic N) is 2. The number of carbonyl (C=O) groups excluding carboxylic acids is 2. The van der Waals surface area contributed by atoms with Crippen molar-refractivity contribution in [3.8, 4) is 0 Å². The summed E-state index contributed by atoms with van der Waals surface area (Å²) in [6.07, 6.45) is 3.02. The number of aromatic nitrogens is 2. The fourth-order valence-corrected chi connectivity index (χ4v) is 1.24. The highest BCUT2D eigenvalue weighted by molar-refractivity contribution is 6.02. The standard InChI is InChI=1S/C11H14N4O4/c1-7-8(6-13-15(7)2)5-12-11(19)14-9(16)3-4-10(17)18/h3-4,6H,5H2,1-2H3,(H,17,18)(H2,12,14,16,19)/b4-3+. The van der Waals surface area contributed by atoms with Gasteiger partial charge in [-0.2, -0.15) is 5.10 Å². The number of amides is 3. The fraction of sp³-hybridized carbons (Fsp3) is 0.273. The normalized spacial score (nSPS) is 10.4. The molecule has 0 bridgehead atoms. The van der Waals surface area contributed by atoms with E-state index in [2.05, 4.69) is 10.4 Å². The molecule has 0 atom stereocenters. The lowest BCUT2D eigenvalue weighted by atomic mass is 10.2. The summed E-state index contributed by atoms with van der Waals surface area (Å²) in [5.41, 5.74) is 1.73. The monoisotopic (exact) mass is 266 g/mol. The molecule has 8 heteroatoms. The maximum atomic E-state index is 11.3. The first-order valence-electron chi connectivity index (χ1n) is 5.37. The number of hydrogen-bond acceptors (Lipinski definition) is 4. The highest BCUT2D eigenvalue weighted by Crippen LogP contribution is 2.04. The van der Waals surface area contributed by atoms with Gasteiger partial charge in [0.2, 0.25) is 0 Å². The van der Waals surface area contributed by atoms with Crippen LogP contribution >= 0.6 is 0 Å². The zero-order valence-electron chi connectivity index (χ0n) is 10.5. The third-order valence-electron chi connectivity index (χ3n) is 2.39. The molecule has 0 aliphatic rings. The minimum absolute atomic E-state index is 0.224. The Balaban J connectivity index is 2.42. The third kappa shape index (κ3) is 4.62. The summed E-state index contributed by atoms with van der Waals surface area (Å²) in [7, 11) is 1.78. The van der Waals surface area contributed by atoms with E-state index in [1.54, 1.807) is 17.9 Å². The molecular weight excluding hydrogens is 252 g/mol. The van der Waals surface area contributed by atoms with E-state index in [1.807, 2.05) is 12.2 Å². The minimum Gasteiger partial charge on any atom is -0.478 e. The molecule has 0 saturated heterocycles. The highest BCUT2D eigenvalue weighted by Gasteiger charge is 2.07. The number of hydrogen-bond donors (Lipinski definition) is 3. The fourth-order valence-electron chi connectivity index (χ4n) is 1.24. The number of nitrogens with one attached hydrogen (secondary N) is 2. The molecule has 8 nitrogen and oxygen atoms in total. The maximum Gasteiger partial charge on any atom is 0.328 e. The third-order valence-corrected chi connectivity index (χ3v) is 2.39. The van der Waals surface area contributed by atoms with Gasteiger partial charge in [0.25, 0.3) is 5.91 Å². The van der Waals surface area contributed by atoms with Crippen LogP contribution in [0.2, 0.25) is 0 Å². The van der Waals surface area contributed by atoms with Gasteiger partial charge in [-0.1, -0.05) is 0 Å². The van der Waals surface area contributed by atoms with Gasteiger partial charge in [0.15, 0.2) is 0 Å². The molecule has 0 aliphatic heterocycles. The number of aliphatic carboxylic acids is 1. The van der Waals surface area contributed by atoms with Gasteiger partial charge >= 0.3 is 12.0 Å². The Morgan fingerprint density at radius 3 is 2.63 bits per heavy atom. The first-order chi connectivity index (χ1) is 8.90. The van der Waals surface area contributed by atoms with Crippen molar-refractivity contribution in [1.82, 2.24) is 20.4 Å². The van der Waals surface area contributed by atoms with Crippen LogP contribution in [0, 0.1) is 6.92 Å². The van der Waals surface area contributed by atoms with Gasteiger partial charge in [0.1, 0.15) is 0 Å². The van der Waals surface area contributed by atoms with E-state index in [4.69, 9.17) is 5.11 Å². The predicted molar refractivity (Wildman–Crippen MR) is 65.1 cm³/mol. The lowest BCUT2D eigenvalue weighted by Gasteiger charge is -2.04. The Hall–Kier alpha value is -2.64. The molecule has 0 aliphatic carbocycles. The first kappa shape index (κ1) is 14.4. The number of imide groups is 1. The Morgan fingerprint density at radius 2 is 2.11 bits per heavy atom. The van der Waals surface area contributed by atoms with Crippen LogP contribution in [-0.2, 0) is 23.2 Å². The SMILES string of the molecule is Cc1c(CNC(=O)NC(=O)/C=C/C(=O)O)cnn1C. The smallest absolute Gasteiger partial charge is 0.328 e. The number of carboxylic acids is 1. The zero-order chi connectivity index (χ0) is 14.4. The molecule has 102 valence electrons. The first-order valence-corrected chi connectivity index (χ1v) is 5.37. The Labute approximate surface area is 109 Å². The molecule has 0 saturated carbocycles. The molecule has 19 heavy (non-hydrogen) atoms. The van der Waals surface area contributed by atoms with Crippen molar-refractivity contribution in [1.29, 1.82) is 0 Å². The second kappa shape index (κ2) is 6.34. The van der Waals surface area contributed by atoms with Crippen LogP contribution in [0.15, 0.2) is 18.3 Å². The number of carboxylic acid groups (broad SMARTS) is 1. The summed E-state index contributed by atoms with van der Waals surface area (Å²) in [6, 6.07) is -0.705. The van der Waals surface area contributed by atoms with Crippen molar-refractivity contribution in [2.75, 3.05) is 0 Å². The maximum absolute atomic E-state index is 11.3. The van der Waals surface area contributed by atoms with E-state index in [-0.39, 0.29) is 6.54 Å². The van der Waals surface area contributed by atoms with Gasteiger partial charge in [-0.05, 0) is 6.92 Å². The van der Waals surface area contributed by atoms with Crippen LogP contribution in [0.25, 0.3) is 0 Å². The van der Waals surface area contributed by atoms with Crippen LogP contribution in [0.3, 0.4) is 0 Å². The quantitative estimate of drug-likeness (QED) is 0.647. The van der Waals surface area contributed by atoms with Gasteiger partial charge in [0, 0.05) is 37.0 Å². The number of urea groups is 1. The van der Waals surface area contributed by atoms with Gasteiger partial charge in [0.05, 0.1) is 6.20 Å². The molecule has 1 aromatic rings. The lowest BCUT2D eigenvalue weighted by molar-refractivity contribution is -0.131. The van der Waals surface area contributed by atoms with E-state index < -0.39 is 17.9 Å². The van der Waals surface area contributed by atoms with Gasteiger partial charge in [-0.25, -0.2) is 9.59 Å². The zero-order valence-corrected chi connectivity index (χ0v) is 10.5. The van der Waals surface area contributed by atoms with E-state index in [9.17, 15) is 14.4 Å². The largest absolute Gasteiger partial charge is 0.478 e. The van der Waals surface area contributed by atoms with Crippen molar-refractivity contribution in [3.63, 3.8) is 0 Å². The van der Waals surface area contributed by atoms with Crippen molar-refractivity contribution < 1.29 is 19.5 Å². The Morgan fingerprint density at radius 1 is 1.42 bits per heavy atom. The molecule has 1 heterocycles. The number of aryl methyl sites for hydroxylation is 1. The van der Waals surface area contributed by atoms with Crippen LogP contribution in [0.5, 0.6) is 0 Å². The summed E-state index contributed by atoms with van der Waals surface area (Å²) < 4.78 is 1.66. The number of carbonyl (C=O) groups is 3. The molecule has 0 aromatic carbocycles. The van der Waals surface area contributed by atoms with Crippen molar-refractivity contribution >= 4 is 17.9 Å². The average molecular weight is 266 g/mol. The molecule has 1 aromatic heterocycles. The summed E-state index contributed by atoms with van der Waals surface area (Å²) in [6.45, 7) is 2.07. The second-order valence-corrected chi connectivity index (χ2v) is 3.72. The van der Waals surface area contributed by atoms with Crippen molar-refractivity contribution in [2.24, 2.45) is 7.05 Å². The topological polar surface area (TPSA) is 113 Å². The number of rotatable bonds is 4. The molecule has 0 spiro atoms. The van der Waals surface area contributed by atoms with Crippen LogP contribution in [0.1, 0.15) is 11.3 Å². The Bertz CT molecular complexity index is 533. The van der Waals surface area contributed by atoms with Crippen LogP contribution in [0.4, 0.5) is 4.79 Å². The van der Waals surface area contributed by atoms with Crippen molar-refractivity contribution in [2.45, 2.75) is 13.5 Å². The minimum atomic E-state index is -1.26. The highest BCUT2D eigenvalue weighted by atomic mass is 16.4. The molecular formula is C11H14N4O4.